The van der Waals surface area contributed by atoms with Gasteiger partial charge in [-0.2, -0.15) is 0 Å². The Morgan fingerprint density at radius 1 is 1.22 bits per heavy atom. The quantitative estimate of drug-likeness (QED) is 0.285. The zero-order valence-corrected chi connectivity index (χ0v) is 21.2. The van der Waals surface area contributed by atoms with E-state index < -0.39 is 0 Å². The lowest BCUT2D eigenvalue weighted by Gasteiger charge is -2.35. The van der Waals surface area contributed by atoms with E-state index in [4.69, 9.17) is 9.47 Å². The van der Waals surface area contributed by atoms with Crippen LogP contribution in [0.4, 0.5) is 4.39 Å². The Hall–Kier alpha value is -1.50. The minimum absolute atomic E-state index is 0. The first-order valence-corrected chi connectivity index (χ1v) is 10.9. The van der Waals surface area contributed by atoms with Gasteiger partial charge in [0.05, 0.1) is 25.4 Å². The van der Waals surface area contributed by atoms with Crippen molar-refractivity contribution in [3.05, 3.63) is 35.6 Å². The molecule has 2 atom stereocenters. The Morgan fingerprint density at radius 2 is 1.94 bits per heavy atom. The van der Waals surface area contributed by atoms with Crippen LogP contribution in [0.25, 0.3) is 0 Å². The Balaban J connectivity index is 0.00000363. The number of likely N-dealkylation sites (N-methyl/N-ethyl adjacent to an activating group) is 1. The number of ether oxygens (including phenoxy) is 2. The van der Waals surface area contributed by atoms with E-state index in [0.717, 1.165) is 38.1 Å². The Labute approximate surface area is 206 Å². The lowest BCUT2D eigenvalue weighted by atomic mass is 10.0. The summed E-state index contributed by atoms with van der Waals surface area (Å²) in [5.74, 6) is 0.257. The van der Waals surface area contributed by atoms with Crippen molar-refractivity contribution in [2.75, 3.05) is 66.6 Å². The molecule has 0 aromatic heterocycles. The van der Waals surface area contributed by atoms with Crippen molar-refractivity contribution in [3.63, 3.8) is 0 Å². The van der Waals surface area contributed by atoms with Crippen LogP contribution in [0, 0.1) is 5.82 Å². The summed E-state index contributed by atoms with van der Waals surface area (Å²) in [5, 5.41) is 6.70. The third-order valence-corrected chi connectivity index (χ3v) is 5.60. The molecule has 2 N–H and O–H groups in total. The maximum absolute atomic E-state index is 13.5. The number of amides is 1. The van der Waals surface area contributed by atoms with Gasteiger partial charge in [0, 0.05) is 46.9 Å². The van der Waals surface area contributed by atoms with E-state index in [2.05, 4.69) is 20.5 Å². The predicted molar refractivity (Wildman–Crippen MR) is 133 cm³/mol. The summed E-state index contributed by atoms with van der Waals surface area (Å²) in [4.78, 5) is 20.4. The highest BCUT2D eigenvalue weighted by atomic mass is 127. The Bertz CT molecular complexity index is 723. The summed E-state index contributed by atoms with van der Waals surface area (Å²) in [6.45, 7) is 5.01. The van der Waals surface area contributed by atoms with Crippen LogP contribution in [-0.2, 0) is 14.3 Å². The molecular weight excluding hydrogens is 528 g/mol. The fourth-order valence-electron chi connectivity index (χ4n) is 3.70. The minimum atomic E-state index is -0.250. The summed E-state index contributed by atoms with van der Waals surface area (Å²) in [7, 11) is 3.43. The van der Waals surface area contributed by atoms with Crippen molar-refractivity contribution in [2.45, 2.75) is 25.0 Å². The molecule has 1 aromatic rings. The van der Waals surface area contributed by atoms with Gasteiger partial charge in [-0.15, -0.1) is 24.0 Å². The van der Waals surface area contributed by atoms with Gasteiger partial charge in [-0.25, -0.2) is 9.38 Å². The summed E-state index contributed by atoms with van der Waals surface area (Å²) >= 11 is 0. The molecule has 3 rings (SSSR count). The molecule has 2 aliphatic heterocycles. The van der Waals surface area contributed by atoms with Crippen LogP contribution < -0.4 is 10.6 Å². The maximum atomic E-state index is 13.5. The van der Waals surface area contributed by atoms with Crippen molar-refractivity contribution in [1.29, 1.82) is 0 Å². The normalized spacial score (nSPS) is 20.3. The molecule has 0 radical (unpaired) electrons. The fourth-order valence-corrected chi connectivity index (χ4v) is 3.70. The van der Waals surface area contributed by atoms with Gasteiger partial charge in [-0.1, -0.05) is 12.1 Å². The minimum Gasteiger partial charge on any atom is -0.379 e. The number of morpholine rings is 1. The molecule has 180 valence electrons. The van der Waals surface area contributed by atoms with E-state index in [0.29, 0.717) is 32.3 Å². The summed E-state index contributed by atoms with van der Waals surface area (Å²) in [6, 6.07) is 6.66. The average molecular weight is 563 g/mol. The first-order chi connectivity index (χ1) is 15.0. The van der Waals surface area contributed by atoms with Crippen LogP contribution in [0.2, 0.25) is 0 Å². The zero-order chi connectivity index (χ0) is 22.1. The molecule has 2 fully saturated rings. The van der Waals surface area contributed by atoms with Crippen LogP contribution in [0.1, 0.15) is 24.4 Å². The standard InChI is InChI=1S/C22H34FN5O3.HI/c1-27(2)21(29)16-26-22(24-14-19-4-3-11-31-19)25-15-20(28-9-12-30-13-10-28)17-5-7-18(23)8-6-17;/h5-8,19-20H,3-4,9-16H2,1-2H3,(H2,24,25,26);1H. The van der Waals surface area contributed by atoms with Gasteiger partial charge in [-0.3, -0.25) is 9.69 Å². The molecule has 1 amide bonds. The van der Waals surface area contributed by atoms with E-state index in [1.54, 1.807) is 14.1 Å². The second-order valence-electron chi connectivity index (χ2n) is 8.07. The van der Waals surface area contributed by atoms with E-state index in [1.165, 1.54) is 17.0 Å². The number of hydrogen-bond acceptors (Lipinski definition) is 5. The predicted octanol–water partition coefficient (Wildman–Crippen LogP) is 1.62. The van der Waals surface area contributed by atoms with Crippen LogP contribution in [-0.4, -0.2) is 94.4 Å². The lowest BCUT2D eigenvalue weighted by molar-refractivity contribution is -0.127. The molecular formula is C22H35FIN5O3. The molecule has 0 bridgehead atoms. The van der Waals surface area contributed by atoms with Gasteiger partial charge in [-0.05, 0) is 30.5 Å². The van der Waals surface area contributed by atoms with Crippen molar-refractivity contribution < 1.29 is 18.7 Å². The summed E-state index contributed by atoms with van der Waals surface area (Å²) < 4.78 is 24.7. The van der Waals surface area contributed by atoms with E-state index >= 15 is 0 Å². The molecule has 2 saturated heterocycles. The number of nitrogens with zero attached hydrogens (tertiary/aromatic N) is 3. The molecule has 10 heteroatoms. The molecule has 2 aliphatic rings. The highest BCUT2D eigenvalue weighted by Crippen LogP contribution is 2.21. The number of rotatable bonds is 8. The van der Waals surface area contributed by atoms with Gasteiger partial charge in [0.25, 0.3) is 0 Å². The lowest BCUT2D eigenvalue weighted by Crippen LogP contribution is -2.47. The monoisotopic (exact) mass is 563 g/mol. The highest BCUT2D eigenvalue weighted by Gasteiger charge is 2.23. The van der Waals surface area contributed by atoms with Crippen molar-refractivity contribution >= 4 is 35.8 Å². The molecule has 32 heavy (non-hydrogen) atoms. The average Bonchev–Trinajstić information content (AvgIpc) is 3.30. The van der Waals surface area contributed by atoms with E-state index in [1.807, 2.05) is 12.1 Å². The number of nitrogens with one attached hydrogen (secondary N) is 2. The fraction of sp³-hybridized carbons (Fsp3) is 0.636. The first kappa shape index (κ1) is 26.7. The van der Waals surface area contributed by atoms with Gasteiger partial charge in [0.15, 0.2) is 5.96 Å². The largest absolute Gasteiger partial charge is 0.379 e. The number of carbonyl (C=O) groups excluding carboxylic acids is 1. The number of benzene rings is 1. The van der Waals surface area contributed by atoms with E-state index in [-0.39, 0.29) is 54.4 Å². The topological polar surface area (TPSA) is 78.4 Å². The van der Waals surface area contributed by atoms with Crippen LogP contribution in [0.5, 0.6) is 0 Å². The number of carbonyl (C=O) groups is 1. The molecule has 1 aromatic carbocycles. The number of aliphatic imine (C=N–C) groups is 1. The third kappa shape index (κ3) is 8.45. The second kappa shape index (κ2) is 13.9. The van der Waals surface area contributed by atoms with Crippen molar-refractivity contribution in [2.24, 2.45) is 4.99 Å². The van der Waals surface area contributed by atoms with Crippen LogP contribution >= 0.6 is 24.0 Å². The van der Waals surface area contributed by atoms with E-state index in [9.17, 15) is 9.18 Å². The van der Waals surface area contributed by atoms with Gasteiger partial charge >= 0.3 is 0 Å². The van der Waals surface area contributed by atoms with Gasteiger partial charge in [0.2, 0.25) is 5.91 Å². The molecule has 0 spiro atoms. The number of halogens is 2. The molecule has 0 aliphatic carbocycles. The highest BCUT2D eigenvalue weighted by molar-refractivity contribution is 14.0. The number of hydrogen-bond donors (Lipinski definition) is 2. The van der Waals surface area contributed by atoms with Crippen LogP contribution in [0.3, 0.4) is 0 Å². The molecule has 2 heterocycles. The number of guanidine groups is 1. The van der Waals surface area contributed by atoms with Gasteiger partial charge in [0.1, 0.15) is 12.4 Å². The zero-order valence-electron chi connectivity index (χ0n) is 18.9. The van der Waals surface area contributed by atoms with Crippen molar-refractivity contribution in [3.8, 4) is 0 Å². The molecule has 8 nitrogen and oxygen atoms in total. The summed E-state index contributed by atoms with van der Waals surface area (Å²) in [5.41, 5.74) is 1.03. The Morgan fingerprint density at radius 3 is 2.56 bits per heavy atom. The van der Waals surface area contributed by atoms with Crippen molar-refractivity contribution in [1.82, 2.24) is 20.4 Å². The maximum Gasteiger partial charge on any atom is 0.243 e. The SMILES string of the molecule is CN(C)C(=O)CN=C(NCC1CCCO1)NCC(c1ccc(F)cc1)N1CCOCC1.I. The first-order valence-electron chi connectivity index (χ1n) is 10.9. The smallest absolute Gasteiger partial charge is 0.243 e. The van der Waals surface area contributed by atoms with Crippen LogP contribution in [0.15, 0.2) is 29.3 Å². The third-order valence-electron chi connectivity index (χ3n) is 5.60. The molecule has 0 saturated carbocycles. The summed E-state index contributed by atoms with van der Waals surface area (Å²) in [6.07, 6.45) is 2.24. The Kier molecular flexibility index (Phi) is 11.6. The molecule has 2 unspecified atom stereocenters. The second-order valence-corrected chi connectivity index (χ2v) is 8.07. The van der Waals surface area contributed by atoms with Gasteiger partial charge < -0.3 is 25.0 Å².